The van der Waals surface area contributed by atoms with E-state index in [0.29, 0.717) is 17.6 Å². The van der Waals surface area contributed by atoms with Crippen LogP contribution in [0.3, 0.4) is 0 Å². The van der Waals surface area contributed by atoms with Crippen molar-refractivity contribution in [1.29, 1.82) is 0 Å². The second kappa shape index (κ2) is 12.1. The number of benzene rings is 1. The summed E-state index contributed by atoms with van der Waals surface area (Å²) in [7, 11) is 1.24. The molecule has 3 aliphatic rings. The number of hydrogen-bond acceptors (Lipinski definition) is 12. The van der Waals surface area contributed by atoms with Crippen LogP contribution in [0, 0.1) is 11.8 Å². The molecular weight excluding hydrogens is 504 g/mol. The number of rotatable bonds is 8. The highest BCUT2D eigenvalue weighted by atomic mass is 16.8. The van der Waals surface area contributed by atoms with Gasteiger partial charge in [0.25, 0.3) is 0 Å². The molecule has 206 valence electrons. The van der Waals surface area contributed by atoms with Gasteiger partial charge in [-0.2, -0.15) is 0 Å². The van der Waals surface area contributed by atoms with Gasteiger partial charge >= 0.3 is 11.9 Å². The van der Waals surface area contributed by atoms with Crippen molar-refractivity contribution >= 4 is 18.0 Å². The molecule has 0 saturated carbocycles. The zero-order chi connectivity index (χ0) is 27.4. The lowest BCUT2D eigenvalue weighted by Gasteiger charge is -2.43. The minimum absolute atomic E-state index is 0.0799. The van der Waals surface area contributed by atoms with Gasteiger partial charge < -0.3 is 49.2 Å². The van der Waals surface area contributed by atoms with Crippen LogP contribution in [-0.2, 0) is 33.3 Å². The van der Waals surface area contributed by atoms with Crippen molar-refractivity contribution in [1.82, 2.24) is 0 Å². The maximum absolute atomic E-state index is 12.2. The van der Waals surface area contributed by atoms with Gasteiger partial charge in [0, 0.05) is 12.0 Å². The molecule has 0 radical (unpaired) electrons. The normalized spacial score (nSPS) is 32.7. The highest BCUT2D eigenvalue weighted by Gasteiger charge is 2.50. The highest BCUT2D eigenvalue weighted by molar-refractivity contribution is 5.89. The first-order valence-electron chi connectivity index (χ1n) is 12.0. The number of carbonyl (C=O) groups excluding carboxylic acids is 2. The first kappa shape index (κ1) is 27.8. The van der Waals surface area contributed by atoms with Gasteiger partial charge in [-0.15, -0.1) is 0 Å². The largest absolute Gasteiger partial charge is 0.508 e. The zero-order valence-corrected chi connectivity index (χ0v) is 20.5. The predicted molar refractivity (Wildman–Crippen MR) is 128 cm³/mol. The Labute approximate surface area is 218 Å². The summed E-state index contributed by atoms with van der Waals surface area (Å²) in [5.74, 6) is -2.26. The summed E-state index contributed by atoms with van der Waals surface area (Å²) in [6.07, 6.45) is -2.81. The van der Waals surface area contributed by atoms with Crippen LogP contribution in [-0.4, -0.2) is 94.8 Å². The second-order valence-corrected chi connectivity index (χ2v) is 9.08. The minimum Gasteiger partial charge on any atom is -0.508 e. The lowest BCUT2D eigenvalue weighted by atomic mass is 9.83. The van der Waals surface area contributed by atoms with Crippen LogP contribution in [0.25, 0.3) is 6.08 Å². The number of methoxy groups -OCH3 is 1. The van der Waals surface area contributed by atoms with Gasteiger partial charge in [-0.05, 0) is 35.8 Å². The number of allylic oxidation sites excluding steroid dienone is 1. The molecule has 1 aliphatic carbocycles. The summed E-state index contributed by atoms with van der Waals surface area (Å²) < 4.78 is 27.0. The number of aliphatic hydroxyl groups excluding tert-OH is 4. The first-order chi connectivity index (χ1) is 18.2. The monoisotopic (exact) mass is 534 g/mol. The molecule has 12 heteroatoms. The van der Waals surface area contributed by atoms with Gasteiger partial charge in [-0.25, -0.2) is 9.59 Å². The van der Waals surface area contributed by atoms with E-state index in [0.717, 1.165) is 6.08 Å². The van der Waals surface area contributed by atoms with E-state index in [2.05, 4.69) is 0 Å². The third-order valence-electron chi connectivity index (χ3n) is 6.75. The van der Waals surface area contributed by atoms with Gasteiger partial charge in [0.2, 0.25) is 6.29 Å². The molecule has 1 fully saturated rings. The lowest BCUT2D eigenvalue weighted by Crippen LogP contribution is -2.60. The summed E-state index contributed by atoms with van der Waals surface area (Å²) in [6.45, 7) is -0.778. The Balaban J connectivity index is 1.41. The Hall–Kier alpha value is -3.26. The average molecular weight is 535 g/mol. The maximum atomic E-state index is 12.2. The number of esters is 2. The third kappa shape index (κ3) is 5.90. The van der Waals surface area contributed by atoms with Gasteiger partial charge in [0.1, 0.15) is 36.8 Å². The number of fused-ring (bicyclic) bond motifs is 1. The molecule has 1 saturated heterocycles. The third-order valence-corrected chi connectivity index (χ3v) is 6.75. The minimum atomic E-state index is -1.69. The molecule has 4 rings (SSSR count). The quantitative estimate of drug-likeness (QED) is 0.168. The van der Waals surface area contributed by atoms with E-state index in [-0.39, 0.29) is 17.9 Å². The van der Waals surface area contributed by atoms with Crippen LogP contribution in [0.5, 0.6) is 5.75 Å². The van der Waals surface area contributed by atoms with Gasteiger partial charge in [-0.1, -0.05) is 18.2 Å². The fraction of sp³-hybridized carbons (Fsp3) is 0.462. The van der Waals surface area contributed by atoms with Gasteiger partial charge in [-0.3, -0.25) is 0 Å². The fourth-order valence-corrected chi connectivity index (χ4v) is 4.68. The topological polar surface area (TPSA) is 181 Å². The zero-order valence-electron chi connectivity index (χ0n) is 20.5. The standard InChI is InChI=1S/C26H30O12/c1-34-24(33)17-11-36-25(20-14(10-27)5-8-16(17)20)38-26-23(32)22(31)21(30)18(37-26)12-35-19(29)9-4-13-2-6-15(28)7-3-13/h2-7,9,11,16,18,20-23,25-28,30-32H,8,10,12H2,1H3/t16-,18-,20+,21-,22+,23-,25-,26-/m1/s1. The molecule has 5 N–H and O–H groups in total. The molecule has 2 aliphatic heterocycles. The average Bonchev–Trinajstić information content (AvgIpc) is 3.36. The van der Waals surface area contributed by atoms with Crippen LogP contribution in [0.15, 0.2) is 53.8 Å². The number of ether oxygens (including phenoxy) is 5. The Morgan fingerprint density at radius 3 is 2.50 bits per heavy atom. The number of aliphatic hydroxyl groups is 4. The summed E-state index contributed by atoms with van der Waals surface area (Å²) in [5.41, 5.74) is 1.47. The maximum Gasteiger partial charge on any atom is 0.337 e. The molecule has 0 spiro atoms. The number of hydrogen-bond donors (Lipinski definition) is 5. The van der Waals surface area contributed by atoms with Crippen molar-refractivity contribution in [2.75, 3.05) is 20.3 Å². The summed E-state index contributed by atoms with van der Waals surface area (Å²) >= 11 is 0. The number of phenolic OH excluding ortho intramolecular Hbond substituents is 1. The highest BCUT2D eigenvalue weighted by Crippen LogP contribution is 2.44. The molecule has 0 bridgehead atoms. The van der Waals surface area contributed by atoms with E-state index in [1.54, 1.807) is 18.2 Å². The number of aromatic hydroxyl groups is 1. The number of carbonyl (C=O) groups is 2. The lowest BCUT2D eigenvalue weighted by molar-refractivity contribution is -0.339. The number of phenols is 1. The van der Waals surface area contributed by atoms with Crippen molar-refractivity contribution in [2.24, 2.45) is 11.8 Å². The molecule has 0 amide bonds. The van der Waals surface area contributed by atoms with E-state index in [9.17, 15) is 35.1 Å². The van der Waals surface area contributed by atoms with E-state index < -0.39 is 67.4 Å². The second-order valence-electron chi connectivity index (χ2n) is 9.08. The van der Waals surface area contributed by atoms with Crippen LogP contribution in [0.1, 0.15) is 12.0 Å². The molecular formula is C26H30O12. The molecule has 0 unspecified atom stereocenters. The van der Waals surface area contributed by atoms with Crippen molar-refractivity contribution in [2.45, 2.75) is 43.4 Å². The van der Waals surface area contributed by atoms with Crippen molar-refractivity contribution in [3.8, 4) is 5.75 Å². The molecule has 1 aromatic rings. The van der Waals surface area contributed by atoms with Crippen LogP contribution in [0.4, 0.5) is 0 Å². The van der Waals surface area contributed by atoms with Crippen LogP contribution in [0.2, 0.25) is 0 Å². The molecule has 8 atom stereocenters. The molecule has 12 nitrogen and oxygen atoms in total. The Bertz CT molecular complexity index is 1090. The summed E-state index contributed by atoms with van der Waals surface area (Å²) in [6, 6.07) is 6.10. The summed E-state index contributed by atoms with van der Waals surface area (Å²) in [4.78, 5) is 24.3. The van der Waals surface area contributed by atoms with Crippen LogP contribution >= 0.6 is 0 Å². The Kier molecular flexibility index (Phi) is 8.82. The Morgan fingerprint density at radius 1 is 1.08 bits per heavy atom. The van der Waals surface area contributed by atoms with E-state index in [1.807, 2.05) is 0 Å². The van der Waals surface area contributed by atoms with Gasteiger partial charge in [0.05, 0.1) is 31.5 Å². The molecule has 0 aromatic heterocycles. The predicted octanol–water partition coefficient (Wildman–Crippen LogP) is -0.259. The molecule has 38 heavy (non-hydrogen) atoms. The van der Waals surface area contributed by atoms with Gasteiger partial charge in [0.15, 0.2) is 6.29 Å². The smallest absolute Gasteiger partial charge is 0.337 e. The van der Waals surface area contributed by atoms with E-state index in [4.69, 9.17) is 23.7 Å². The van der Waals surface area contributed by atoms with E-state index >= 15 is 0 Å². The molecule has 1 aromatic carbocycles. The Morgan fingerprint density at radius 2 is 1.82 bits per heavy atom. The SMILES string of the molecule is COC(=O)C1=CO[C@H](O[C@H]2O[C@H](COC(=O)C=Cc3ccc(O)cc3)[C@@H](O)[C@H](O)[C@H]2O)[C@H]2C(CO)=CC[C@H]12. The molecule has 2 heterocycles. The van der Waals surface area contributed by atoms with Crippen molar-refractivity contribution in [3.05, 3.63) is 59.4 Å². The van der Waals surface area contributed by atoms with E-state index in [1.165, 1.54) is 31.6 Å². The van der Waals surface area contributed by atoms with Crippen molar-refractivity contribution in [3.63, 3.8) is 0 Å². The fourth-order valence-electron chi connectivity index (χ4n) is 4.68. The van der Waals surface area contributed by atoms with Crippen LogP contribution < -0.4 is 0 Å². The first-order valence-corrected chi connectivity index (χ1v) is 12.0. The van der Waals surface area contributed by atoms with Crippen molar-refractivity contribution < 1.29 is 58.8 Å². The summed E-state index contributed by atoms with van der Waals surface area (Å²) in [5, 5.41) is 50.4.